The Labute approximate surface area is 128 Å². The number of hydrogen-bond donors (Lipinski definition) is 3. The molecule has 0 amide bonds. The molecule has 1 rings (SSSR count). The van der Waals surface area contributed by atoms with Gasteiger partial charge in [-0.15, -0.1) is 0 Å². The molecule has 0 aromatic carbocycles. The number of aromatic nitrogens is 2. The molecule has 1 heterocycles. The Hall–Kier alpha value is -2.07. The van der Waals surface area contributed by atoms with Crippen LogP contribution < -0.4 is 22.2 Å². The van der Waals surface area contributed by atoms with Crippen molar-refractivity contribution in [2.75, 3.05) is 6.54 Å². The molecule has 0 aliphatic carbocycles. The van der Waals surface area contributed by atoms with E-state index in [2.05, 4.69) is 16.5 Å². The zero-order chi connectivity index (χ0) is 16.7. The third-order valence-electron chi connectivity index (χ3n) is 2.16. The van der Waals surface area contributed by atoms with Crippen molar-refractivity contribution in [2.24, 2.45) is 11.5 Å². The number of allylic oxidation sites excluding steroid dienone is 5. The second kappa shape index (κ2) is 14.3. The summed E-state index contributed by atoms with van der Waals surface area (Å²) >= 11 is 0. The molecule has 1 aromatic heterocycles. The van der Waals surface area contributed by atoms with E-state index >= 15 is 0 Å². The van der Waals surface area contributed by atoms with Gasteiger partial charge in [0.25, 0.3) is 0 Å². The van der Waals surface area contributed by atoms with Gasteiger partial charge in [-0.2, -0.15) is 0 Å². The maximum atomic E-state index is 5.51. The molecule has 0 aliphatic heterocycles. The van der Waals surface area contributed by atoms with E-state index in [1.54, 1.807) is 6.08 Å². The van der Waals surface area contributed by atoms with Crippen LogP contribution in [0.5, 0.6) is 0 Å². The Kier molecular flexibility index (Phi) is 14.5. The first-order valence-electron chi connectivity index (χ1n) is 7.28. The van der Waals surface area contributed by atoms with Crippen molar-refractivity contribution in [1.82, 2.24) is 9.97 Å². The van der Waals surface area contributed by atoms with Crippen molar-refractivity contribution >= 4 is 17.8 Å². The second-order valence-electron chi connectivity index (χ2n) is 3.60. The number of nitrogens with zero attached hydrogens (tertiary/aromatic N) is 1. The van der Waals surface area contributed by atoms with Crippen LogP contribution in [-0.2, 0) is 0 Å². The zero-order valence-electron chi connectivity index (χ0n) is 14.0. The first-order chi connectivity index (χ1) is 10.2. The average molecular weight is 290 g/mol. The highest BCUT2D eigenvalue weighted by Gasteiger charge is 2.00. The van der Waals surface area contributed by atoms with Gasteiger partial charge in [0, 0.05) is 11.8 Å². The molecule has 4 heteroatoms. The molecule has 5 N–H and O–H groups in total. The molecule has 4 nitrogen and oxygen atoms in total. The molecule has 21 heavy (non-hydrogen) atoms. The van der Waals surface area contributed by atoms with Crippen molar-refractivity contribution in [3.63, 3.8) is 0 Å². The van der Waals surface area contributed by atoms with Gasteiger partial charge < -0.3 is 16.5 Å². The standard InChI is InChI=1S/C13H17N3.C2H7N.C2H6/c1-4-7-8-10(5-2)13-15-11(6-3)12(9-14)16-13;1-2-3;1-2/h4-9H,2,14H2,1,3H3,(H,15,16);2-3H2,1H3;1-2H3/b7-4-,10-8+,11-6+,12-9+;;. The smallest absolute Gasteiger partial charge is 0.138 e. The number of rotatable bonds is 3. The highest BCUT2D eigenvalue weighted by atomic mass is 14.9. The average Bonchev–Trinajstić information content (AvgIpc) is 2.94. The van der Waals surface area contributed by atoms with Gasteiger partial charge in [0.05, 0.1) is 10.7 Å². The molecule has 0 saturated heterocycles. The normalized spacial score (nSPS) is 12.6. The van der Waals surface area contributed by atoms with Crippen molar-refractivity contribution in [1.29, 1.82) is 0 Å². The fourth-order valence-corrected chi connectivity index (χ4v) is 1.33. The molecular weight excluding hydrogens is 260 g/mol. The SMILES string of the molecule is C=C/C(=C\C=C/C)c1nc(=C/C)/c(=C\N)[nH]1.CC.CCN. The summed E-state index contributed by atoms with van der Waals surface area (Å²) in [4.78, 5) is 7.57. The molecule has 118 valence electrons. The molecule has 0 saturated carbocycles. The summed E-state index contributed by atoms with van der Waals surface area (Å²) in [5.41, 5.74) is 11.3. The predicted molar refractivity (Wildman–Crippen MR) is 95.7 cm³/mol. The van der Waals surface area contributed by atoms with Gasteiger partial charge in [-0.3, -0.25) is 0 Å². The van der Waals surface area contributed by atoms with Gasteiger partial charge in [0.2, 0.25) is 0 Å². The van der Waals surface area contributed by atoms with Crippen LogP contribution in [0.4, 0.5) is 0 Å². The van der Waals surface area contributed by atoms with Crippen LogP contribution in [0, 0.1) is 0 Å². The van der Waals surface area contributed by atoms with Crippen molar-refractivity contribution in [2.45, 2.75) is 34.6 Å². The summed E-state index contributed by atoms with van der Waals surface area (Å²) in [6.07, 6.45) is 11.0. The third-order valence-corrected chi connectivity index (χ3v) is 2.16. The van der Waals surface area contributed by atoms with E-state index in [0.717, 1.165) is 28.6 Å². The van der Waals surface area contributed by atoms with E-state index in [0.29, 0.717) is 0 Å². The van der Waals surface area contributed by atoms with Crippen molar-refractivity contribution < 1.29 is 0 Å². The lowest BCUT2D eigenvalue weighted by molar-refractivity contribution is 1.14. The summed E-state index contributed by atoms with van der Waals surface area (Å²) in [7, 11) is 0. The topological polar surface area (TPSA) is 80.7 Å². The van der Waals surface area contributed by atoms with Crippen molar-refractivity contribution in [3.05, 3.63) is 47.4 Å². The Morgan fingerprint density at radius 3 is 2.24 bits per heavy atom. The molecule has 1 aromatic rings. The monoisotopic (exact) mass is 290 g/mol. The summed E-state index contributed by atoms with van der Waals surface area (Å²) in [5.74, 6) is 0.776. The van der Waals surface area contributed by atoms with Gasteiger partial charge in [-0.05, 0) is 20.4 Å². The Morgan fingerprint density at radius 1 is 1.33 bits per heavy atom. The first kappa shape index (κ1) is 21.2. The van der Waals surface area contributed by atoms with Gasteiger partial charge in [-0.1, -0.05) is 57.7 Å². The highest BCUT2D eigenvalue weighted by Crippen LogP contribution is 2.07. The molecule has 0 bridgehead atoms. The summed E-state index contributed by atoms with van der Waals surface area (Å²) in [5, 5.41) is 1.68. The van der Waals surface area contributed by atoms with Crippen LogP contribution in [-0.4, -0.2) is 16.5 Å². The van der Waals surface area contributed by atoms with Gasteiger partial charge in [-0.25, -0.2) is 4.98 Å². The van der Waals surface area contributed by atoms with Crippen LogP contribution >= 0.6 is 0 Å². The Balaban J connectivity index is 0. The van der Waals surface area contributed by atoms with E-state index in [1.165, 1.54) is 6.20 Å². The highest BCUT2D eigenvalue weighted by molar-refractivity contribution is 5.70. The number of aromatic amines is 1. The lowest BCUT2D eigenvalue weighted by atomic mass is 10.2. The first-order valence-corrected chi connectivity index (χ1v) is 7.28. The lowest BCUT2D eigenvalue weighted by Gasteiger charge is -1.93. The van der Waals surface area contributed by atoms with E-state index in [1.807, 2.05) is 58.9 Å². The maximum absolute atomic E-state index is 5.51. The molecule has 0 atom stereocenters. The molecule has 0 spiro atoms. The van der Waals surface area contributed by atoms with Crippen LogP contribution in [0.1, 0.15) is 40.4 Å². The predicted octanol–water partition coefficient (Wildman–Crippen LogP) is 2.04. The number of nitrogens with two attached hydrogens (primary N) is 2. The molecule has 0 radical (unpaired) electrons. The van der Waals surface area contributed by atoms with Crippen LogP contribution in [0.25, 0.3) is 17.8 Å². The Bertz CT molecular complexity index is 516. The Morgan fingerprint density at radius 2 is 1.90 bits per heavy atom. The number of H-pyrrole nitrogens is 1. The van der Waals surface area contributed by atoms with Gasteiger partial charge >= 0.3 is 0 Å². The fourth-order valence-electron chi connectivity index (χ4n) is 1.33. The zero-order valence-corrected chi connectivity index (χ0v) is 14.0. The van der Waals surface area contributed by atoms with E-state index in [9.17, 15) is 0 Å². The van der Waals surface area contributed by atoms with E-state index < -0.39 is 0 Å². The molecular formula is C17H30N4. The van der Waals surface area contributed by atoms with Crippen molar-refractivity contribution in [3.8, 4) is 0 Å². The minimum absolute atomic E-state index is 0.750. The quantitative estimate of drug-likeness (QED) is 0.745. The van der Waals surface area contributed by atoms with Crippen LogP contribution in [0.2, 0.25) is 0 Å². The number of nitrogens with one attached hydrogen (secondary N) is 1. The molecule has 0 aliphatic rings. The summed E-state index contributed by atoms with van der Waals surface area (Å²) in [6, 6.07) is 0. The minimum Gasteiger partial charge on any atom is -0.403 e. The molecule has 0 unspecified atom stereocenters. The van der Waals surface area contributed by atoms with Crippen LogP contribution in [0.15, 0.2) is 30.9 Å². The third kappa shape index (κ3) is 7.95. The maximum Gasteiger partial charge on any atom is 0.138 e. The largest absolute Gasteiger partial charge is 0.403 e. The molecule has 0 fully saturated rings. The van der Waals surface area contributed by atoms with Crippen LogP contribution in [0.3, 0.4) is 0 Å². The lowest BCUT2D eigenvalue weighted by Crippen LogP contribution is -2.25. The summed E-state index contributed by atoms with van der Waals surface area (Å²) < 4.78 is 0. The number of hydrogen-bond acceptors (Lipinski definition) is 3. The second-order valence-corrected chi connectivity index (χ2v) is 3.60. The summed E-state index contributed by atoms with van der Waals surface area (Å²) in [6.45, 7) is 14.3. The fraction of sp³-hybridized carbons (Fsp3) is 0.353. The minimum atomic E-state index is 0.750. The number of imidazole rings is 1. The van der Waals surface area contributed by atoms with Gasteiger partial charge in [0.1, 0.15) is 5.82 Å². The van der Waals surface area contributed by atoms with E-state index in [-0.39, 0.29) is 0 Å². The van der Waals surface area contributed by atoms with Gasteiger partial charge in [0.15, 0.2) is 0 Å². The van der Waals surface area contributed by atoms with E-state index in [4.69, 9.17) is 11.5 Å².